The standard InChI is InChI=1S/C18H16N4O2S/c1-12-7-9-14(10-8-12)20-21-17-16(13-5-3-2-4-6-13)22-24-18(17)25-11-15(19)23/h2-10H,11H2,1H3,(H2,19,23). The van der Waals surface area contributed by atoms with Crippen molar-refractivity contribution in [2.75, 3.05) is 5.75 Å². The molecule has 3 rings (SSSR count). The van der Waals surface area contributed by atoms with Gasteiger partial charge < -0.3 is 10.3 Å². The van der Waals surface area contributed by atoms with Crippen LogP contribution in [0.4, 0.5) is 11.4 Å². The zero-order valence-corrected chi connectivity index (χ0v) is 14.4. The number of thioether (sulfide) groups is 1. The molecule has 0 saturated carbocycles. The molecule has 1 heterocycles. The van der Waals surface area contributed by atoms with Gasteiger partial charge in [0.2, 0.25) is 11.0 Å². The third kappa shape index (κ3) is 4.33. The lowest BCUT2D eigenvalue weighted by molar-refractivity contribution is -0.115. The van der Waals surface area contributed by atoms with E-state index in [4.69, 9.17) is 10.3 Å². The molecule has 0 bridgehead atoms. The van der Waals surface area contributed by atoms with Gasteiger partial charge in [-0.05, 0) is 19.1 Å². The second-order valence-corrected chi connectivity index (χ2v) is 6.27. The van der Waals surface area contributed by atoms with Gasteiger partial charge >= 0.3 is 0 Å². The first-order valence-corrected chi connectivity index (χ1v) is 8.56. The molecule has 1 aromatic heterocycles. The summed E-state index contributed by atoms with van der Waals surface area (Å²) in [6.07, 6.45) is 0. The number of aryl methyl sites for hydroxylation is 1. The first kappa shape index (κ1) is 16.9. The van der Waals surface area contributed by atoms with Gasteiger partial charge in [0.15, 0.2) is 5.69 Å². The summed E-state index contributed by atoms with van der Waals surface area (Å²) in [4.78, 5) is 11.1. The van der Waals surface area contributed by atoms with Gasteiger partial charge in [-0.3, -0.25) is 4.79 Å². The Kier molecular flexibility index (Phi) is 5.25. The Morgan fingerprint density at radius 1 is 1.12 bits per heavy atom. The Morgan fingerprint density at radius 2 is 1.84 bits per heavy atom. The van der Waals surface area contributed by atoms with Crippen LogP contribution in [-0.4, -0.2) is 16.8 Å². The number of amides is 1. The smallest absolute Gasteiger partial charge is 0.227 e. The van der Waals surface area contributed by atoms with Crippen LogP contribution in [0.2, 0.25) is 0 Å². The molecule has 25 heavy (non-hydrogen) atoms. The number of azo groups is 1. The van der Waals surface area contributed by atoms with E-state index < -0.39 is 5.91 Å². The molecular formula is C18H16N4O2S. The van der Waals surface area contributed by atoms with Crippen molar-refractivity contribution in [2.24, 2.45) is 16.0 Å². The van der Waals surface area contributed by atoms with Gasteiger partial charge in [-0.1, -0.05) is 64.9 Å². The van der Waals surface area contributed by atoms with E-state index >= 15 is 0 Å². The third-order valence-electron chi connectivity index (χ3n) is 3.33. The maximum atomic E-state index is 11.1. The van der Waals surface area contributed by atoms with Crippen LogP contribution in [0.3, 0.4) is 0 Å². The lowest BCUT2D eigenvalue weighted by Crippen LogP contribution is -2.12. The quantitative estimate of drug-likeness (QED) is 0.516. The maximum Gasteiger partial charge on any atom is 0.227 e. The number of carbonyl (C=O) groups excluding carboxylic acids is 1. The van der Waals surface area contributed by atoms with E-state index in [1.807, 2.05) is 61.5 Å². The number of aromatic nitrogens is 1. The molecular weight excluding hydrogens is 336 g/mol. The van der Waals surface area contributed by atoms with Crippen molar-refractivity contribution in [2.45, 2.75) is 12.0 Å². The van der Waals surface area contributed by atoms with Crippen molar-refractivity contribution >= 4 is 29.0 Å². The molecule has 1 amide bonds. The minimum absolute atomic E-state index is 0.0798. The molecule has 2 N–H and O–H groups in total. The molecule has 0 spiro atoms. The summed E-state index contributed by atoms with van der Waals surface area (Å²) < 4.78 is 5.36. The van der Waals surface area contributed by atoms with Gasteiger partial charge in [0.1, 0.15) is 5.69 Å². The predicted molar refractivity (Wildman–Crippen MR) is 97.2 cm³/mol. The fraction of sp³-hybridized carbons (Fsp3) is 0.111. The van der Waals surface area contributed by atoms with E-state index in [2.05, 4.69) is 15.4 Å². The normalized spacial score (nSPS) is 11.1. The van der Waals surface area contributed by atoms with Gasteiger partial charge in [-0.15, -0.1) is 5.11 Å². The van der Waals surface area contributed by atoms with Crippen molar-refractivity contribution in [1.29, 1.82) is 0 Å². The summed E-state index contributed by atoms with van der Waals surface area (Å²) in [6.45, 7) is 2.01. The Labute approximate surface area is 149 Å². The van der Waals surface area contributed by atoms with E-state index in [9.17, 15) is 4.79 Å². The fourth-order valence-electron chi connectivity index (χ4n) is 2.09. The van der Waals surface area contributed by atoms with Gasteiger partial charge in [-0.25, -0.2) is 0 Å². The molecule has 6 nitrogen and oxygen atoms in total. The van der Waals surface area contributed by atoms with Crippen LogP contribution >= 0.6 is 11.8 Å². The molecule has 0 unspecified atom stereocenters. The summed E-state index contributed by atoms with van der Waals surface area (Å²) >= 11 is 1.15. The van der Waals surface area contributed by atoms with E-state index in [-0.39, 0.29) is 5.75 Å². The Bertz CT molecular complexity index is 889. The minimum atomic E-state index is -0.441. The fourth-order valence-corrected chi connectivity index (χ4v) is 2.73. The Morgan fingerprint density at radius 3 is 2.52 bits per heavy atom. The third-order valence-corrected chi connectivity index (χ3v) is 4.29. The number of nitrogens with zero attached hydrogens (tertiary/aromatic N) is 3. The van der Waals surface area contributed by atoms with Crippen LogP contribution in [0.1, 0.15) is 5.56 Å². The topological polar surface area (TPSA) is 93.8 Å². The lowest BCUT2D eigenvalue weighted by Gasteiger charge is -1.98. The van der Waals surface area contributed by atoms with Crippen LogP contribution in [-0.2, 0) is 4.79 Å². The number of hydrogen-bond acceptors (Lipinski definition) is 6. The molecule has 0 aliphatic carbocycles. The van der Waals surface area contributed by atoms with Crippen molar-refractivity contribution < 1.29 is 9.32 Å². The molecule has 7 heteroatoms. The molecule has 0 fully saturated rings. The number of carbonyl (C=O) groups is 1. The number of benzene rings is 2. The number of hydrogen-bond donors (Lipinski definition) is 1. The van der Waals surface area contributed by atoms with E-state index in [1.165, 1.54) is 0 Å². The molecule has 0 aliphatic heterocycles. The largest absolute Gasteiger partial charge is 0.369 e. The highest BCUT2D eigenvalue weighted by atomic mass is 32.2. The second-order valence-electron chi connectivity index (χ2n) is 5.32. The molecule has 0 atom stereocenters. The highest BCUT2D eigenvalue weighted by Gasteiger charge is 2.18. The average Bonchev–Trinajstić information content (AvgIpc) is 3.03. The number of rotatable bonds is 6. The van der Waals surface area contributed by atoms with Gasteiger partial charge in [0.25, 0.3) is 0 Å². The van der Waals surface area contributed by atoms with E-state index in [1.54, 1.807) is 0 Å². The molecule has 2 aromatic carbocycles. The molecule has 0 aliphatic rings. The van der Waals surface area contributed by atoms with Crippen molar-refractivity contribution in [3.63, 3.8) is 0 Å². The zero-order chi connectivity index (χ0) is 17.6. The van der Waals surface area contributed by atoms with E-state index in [0.717, 1.165) is 28.6 Å². The maximum absolute atomic E-state index is 11.1. The summed E-state index contributed by atoms with van der Waals surface area (Å²) in [7, 11) is 0. The monoisotopic (exact) mass is 352 g/mol. The lowest BCUT2D eigenvalue weighted by atomic mass is 10.1. The summed E-state index contributed by atoms with van der Waals surface area (Å²) in [5.74, 6) is -0.361. The summed E-state index contributed by atoms with van der Waals surface area (Å²) in [6, 6.07) is 17.2. The Balaban J connectivity index is 1.97. The molecule has 3 aromatic rings. The van der Waals surface area contributed by atoms with Crippen LogP contribution in [0.15, 0.2) is 74.4 Å². The van der Waals surface area contributed by atoms with Gasteiger partial charge in [-0.2, -0.15) is 5.11 Å². The molecule has 0 saturated heterocycles. The predicted octanol–water partition coefficient (Wildman–Crippen LogP) is 4.64. The second kappa shape index (κ2) is 7.76. The van der Waals surface area contributed by atoms with Gasteiger partial charge in [0.05, 0.1) is 11.4 Å². The van der Waals surface area contributed by atoms with E-state index in [0.29, 0.717) is 16.5 Å². The van der Waals surface area contributed by atoms with Crippen molar-refractivity contribution in [3.05, 3.63) is 60.2 Å². The number of nitrogens with two attached hydrogens (primary N) is 1. The number of primary amides is 1. The summed E-state index contributed by atoms with van der Waals surface area (Å²) in [5.41, 5.74) is 8.99. The Hall–Kier alpha value is -2.93. The SMILES string of the molecule is Cc1ccc(N=Nc2c(-c3ccccc3)noc2SCC(N)=O)cc1. The van der Waals surface area contributed by atoms with Crippen molar-refractivity contribution in [3.8, 4) is 11.3 Å². The average molecular weight is 352 g/mol. The first-order chi connectivity index (χ1) is 12.1. The van der Waals surface area contributed by atoms with Crippen LogP contribution < -0.4 is 5.73 Å². The van der Waals surface area contributed by atoms with Crippen LogP contribution in [0.5, 0.6) is 0 Å². The van der Waals surface area contributed by atoms with Crippen LogP contribution in [0.25, 0.3) is 11.3 Å². The highest BCUT2D eigenvalue weighted by Crippen LogP contribution is 2.39. The van der Waals surface area contributed by atoms with Crippen LogP contribution in [0, 0.1) is 6.92 Å². The summed E-state index contributed by atoms with van der Waals surface area (Å²) in [5, 5.41) is 13.1. The van der Waals surface area contributed by atoms with Crippen molar-refractivity contribution in [1.82, 2.24) is 5.16 Å². The zero-order valence-electron chi connectivity index (χ0n) is 13.5. The van der Waals surface area contributed by atoms with Gasteiger partial charge in [0, 0.05) is 5.56 Å². The highest BCUT2D eigenvalue weighted by molar-refractivity contribution is 8.00. The minimum Gasteiger partial charge on any atom is -0.369 e. The molecule has 126 valence electrons. The first-order valence-electron chi connectivity index (χ1n) is 7.58. The molecule has 0 radical (unpaired) electrons.